The predicted molar refractivity (Wildman–Crippen MR) is 109 cm³/mol. The number of aromatic hydroxyl groups is 1. The van der Waals surface area contributed by atoms with Crippen molar-refractivity contribution in [3.63, 3.8) is 0 Å². The number of Topliss-reactive ketones (excluding diaryl/α,β-unsaturated/α-hetero) is 1. The largest absolute Gasteiger partial charge is 0.508 e. The summed E-state index contributed by atoms with van der Waals surface area (Å²) in [7, 11) is 0. The predicted octanol–water partition coefficient (Wildman–Crippen LogP) is 3.06. The minimum absolute atomic E-state index is 0.0302. The van der Waals surface area contributed by atoms with Gasteiger partial charge in [0.25, 0.3) is 11.8 Å². The van der Waals surface area contributed by atoms with E-state index in [4.69, 9.17) is 4.84 Å². The summed E-state index contributed by atoms with van der Waals surface area (Å²) in [5, 5.41) is 9.77. The monoisotopic (exact) mass is 407 g/mol. The maximum absolute atomic E-state index is 12.1. The van der Waals surface area contributed by atoms with Gasteiger partial charge < -0.3 is 9.94 Å². The van der Waals surface area contributed by atoms with E-state index in [-0.39, 0.29) is 43.6 Å². The number of nitrogens with zero attached hydrogens (tertiary/aromatic N) is 1. The lowest BCUT2D eigenvalue weighted by molar-refractivity contribution is -0.197. The number of hydroxylamine groups is 2. The molecule has 0 saturated carbocycles. The van der Waals surface area contributed by atoms with Crippen molar-refractivity contribution in [2.75, 3.05) is 0 Å². The lowest BCUT2D eigenvalue weighted by Gasteiger charge is -2.12. The van der Waals surface area contributed by atoms with E-state index >= 15 is 0 Å². The highest BCUT2D eigenvalue weighted by Gasteiger charge is 2.32. The van der Waals surface area contributed by atoms with Crippen molar-refractivity contribution in [3.8, 4) is 5.75 Å². The molecule has 1 heterocycles. The fourth-order valence-corrected chi connectivity index (χ4v) is 2.89. The maximum atomic E-state index is 12.1. The molecule has 7 nitrogen and oxygen atoms in total. The van der Waals surface area contributed by atoms with Gasteiger partial charge in [0.2, 0.25) is 0 Å². The summed E-state index contributed by atoms with van der Waals surface area (Å²) in [4.78, 5) is 51.4. The Morgan fingerprint density at radius 2 is 1.40 bits per heavy atom. The second kappa shape index (κ2) is 9.65. The second-order valence-electron chi connectivity index (χ2n) is 6.93. The van der Waals surface area contributed by atoms with Crippen LogP contribution in [0, 0.1) is 0 Å². The molecule has 1 aliphatic rings. The molecule has 2 aromatic rings. The van der Waals surface area contributed by atoms with Gasteiger partial charge in [-0.1, -0.05) is 48.6 Å². The van der Waals surface area contributed by atoms with Crippen LogP contribution in [0.25, 0.3) is 12.2 Å². The van der Waals surface area contributed by atoms with Crippen molar-refractivity contribution in [1.82, 2.24) is 5.06 Å². The Hall–Kier alpha value is -3.74. The molecule has 0 bridgehead atoms. The number of amides is 2. The lowest BCUT2D eigenvalue weighted by Crippen LogP contribution is -2.32. The molecular weight excluding hydrogens is 386 g/mol. The van der Waals surface area contributed by atoms with E-state index in [0.29, 0.717) is 5.06 Å². The molecule has 154 valence electrons. The zero-order valence-corrected chi connectivity index (χ0v) is 16.2. The standard InChI is InChI=1S/C23H21NO6/c25-19-9-7-17(8-10-19)2-1-16-3-5-18(6-4-16)15-20(26)11-14-23(29)30-24-21(27)12-13-22(24)28/h1-10,25H,11-15H2/b2-1+. The molecule has 30 heavy (non-hydrogen) atoms. The zero-order valence-electron chi connectivity index (χ0n) is 16.2. The Bertz CT molecular complexity index is 960. The number of rotatable bonds is 8. The van der Waals surface area contributed by atoms with Crippen molar-refractivity contribution >= 4 is 35.7 Å². The van der Waals surface area contributed by atoms with E-state index in [1.165, 1.54) is 0 Å². The van der Waals surface area contributed by atoms with Crippen molar-refractivity contribution in [2.24, 2.45) is 0 Å². The summed E-state index contributed by atoms with van der Waals surface area (Å²) in [6, 6.07) is 14.3. The average molecular weight is 407 g/mol. The highest BCUT2D eigenvalue weighted by atomic mass is 16.7. The summed E-state index contributed by atoms with van der Waals surface area (Å²) in [6.07, 6.45) is 3.87. The topological polar surface area (TPSA) is 101 Å². The maximum Gasteiger partial charge on any atom is 0.333 e. The van der Waals surface area contributed by atoms with Crippen LogP contribution in [-0.2, 0) is 30.4 Å². The molecule has 1 saturated heterocycles. The van der Waals surface area contributed by atoms with Crippen LogP contribution in [0.1, 0.15) is 42.4 Å². The molecule has 1 fully saturated rings. The number of phenolic OH excluding ortho intramolecular Hbond substituents is 1. The molecule has 7 heteroatoms. The quantitative estimate of drug-likeness (QED) is 0.533. The van der Waals surface area contributed by atoms with Crippen LogP contribution >= 0.6 is 0 Å². The summed E-state index contributed by atoms with van der Waals surface area (Å²) >= 11 is 0. The number of hydrogen-bond donors (Lipinski definition) is 1. The molecule has 2 amide bonds. The molecule has 2 aromatic carbocycles. The fourth-order valence-electron chi connectivity index (χ4n) is 2.89. The Kier molecular flexibility index (Phi) is 6.75. The first-order valence-corrected chi connectivity index (χ1v) is 9.55. The van der Waals surface area contributed by atoms with Gasteiger partial charge >= 0.3 is 5.97 Å². The smallest absolute Gasteiger partial charge is 0.333 e. The molecule has 0 radical (unpaired) electrons. The van der Waals surface area contributed by atoms with Crippen LogP contribution in [0.4, 0.5) is 0 Å². The highest BCUT2D eigenvalue weighted by molar-refractivity contribution is 6.01. The SMILES string of the molecule is O=C(CCC(=O)ON1C(=O)CCC1=O)Cc1ccc(/C=C/c2ccc(O)cc2)cc1. The van der Waals surface area contributed by atoms with Crippen molar-refractivity contribution < 1.29 is 29.1 Å². The molecule has 3 rings (SSSR count). The van der Waals surface area contributed by atoms with E-state index < -0.39 is 17.8 Å². The van der Waals surface area contributed by atoms with Crippen molar-refractivity contribution in [1.29, 1.82) is 0 Å². The third kappa shape index (κ3) is 5.88. The van der Waals surface area contributed by atoms with E-state index in [1.807, 2.05) is 36.4 Å². The summed E-state index contributed by atoms with van der Waals surface area (Å²) in [6.45, 7) is 0. The minimum Gasteiger partial charge on any atom is -0.508 e. The van der Waals surface area contributed by atoms with Gasteiger partial charge in [-0.2, -0.15) is 0 Å². The molecule has 1 aliphatic heterocycles. The summed E-state index contributed by atoms with van der Waals surface area (Å²) < 4.78 is 0. The van der Waals surface area contributed by atoms with E-state index in [0.717, 1.165) is 16.7 Å². The number of ketones is 1. The fraction of sp³-hybridized carbons (Fsp3) is 0.217. The highest BCUT2D eigenvalue weighted by Crippen LogP contribution is 2.15. The number of carbonyl (C=O) groups excluding carboxylic acids is 4. The number of carbonyl (C=O) groups is 4. The summed E-state index contributed by atoms with van der Waals surface area (Å²) in [5.41, 5.74) is 2.74. The number of phenols is 1. The normalized spacial score (nSPS) is 13.8. The Morgan fingerprint density at radius 1 is 0.867 bits per heavy atom. The van der Waals surface area contributed by atoms with Crippen LogP contribution in [0.2, 0.25) is 0 Å². The van der Waals surface area contributed by atoms with Gasteiger partial charge in [0.15, 0.2) is 0 Å². The van der Waals surface area contributed by atoms with E-state index in [2.05, 4.69) is 0 Å². The first-order valence-electron chi connectivity index (χ1n) is 9.55. The average Bonchev–Trinajstić information content (AvgIpc) is 3.05. The first-order chi connectivity index (χ1) is 14.4. The lowest BCUT2D eigenvalue weighted by atomic mass is 10.0. The molecule has 1 N–H and O–H groups in total. The van der Waals surface area contributed by atoms with Gasteiger partial charge in [0.1, 0.15) is 11.5 Å². The van der Waals surface area contributed by atoms with Crippen molar-refractivity contribution in [2.45, 2.75) is 32.1 Å². The number of hydrogen-bond acceptors (Lipinski definition) is 6. The molecule has 0 atom stereocenters. The number of imide groups is 1. The van der Waals surface area contributed by atoms with E-state index in [9.17, 15) is 24.3 Å². The van der Waals surface area contributed by atoms with Crippen LogP contribution in [0.5, 0.6) is 5.75 Å². The Labute approximate surface area is 173 Å². The van der Waals surface area contributed by atoms with Gasteiger partial charge in [0.05, 0.1) is 6.42 Å². The summed E-state index contributed by atoms with van der Waals surface area (Å²) in [5.74, 6) is -1.79. The van der Waals surface area contributed by atoms with Crippen LogP contribution in [0.15, 0.2) is 48.5 Å². The molecule has 0 spiro atoms. The second-order valence-corrected chi connectivity index (χ2v) is 6.93. The number of benzene rings is 2. The van der Waals surface area contributed by atoms with Gasteiger partial charge in [-0.05, 0) is 28.8 Å². The van der Waals surface area contributed by atoms with E-state index in [1.54, 1.807) is 24.3 Å². The molecule has 0 aromatic heterocycles. The van der Waals surface area contributed by atoms with Gasteiger partial charge in [-0.3, -0.25) is 14.4 Å². The van der Waals surface area contributed by atoms with Gasteiger partial charge in [-0.15, -0.1) is 5.06 Å². The first kappa shape index (κ1) is 21.0. The third-order valence-corrected chi connectivity index (χ3v) is 4.55. The molecular formula is C23H21NO6. The van der Waals surface area contributed by atoms with Crippen LogP contribution in [0.3, 0.4) is 0 Å². The Balaban J connectivity index is 1.45. The van der Waals surface area contributed by atoms with Gasteiger partial charge in [0, 0.05) is 25.7 Å². The third-order valence-electron chi connectivity index (χ3n) is 4.55. The van der Waals surface area contributed by atoms with Crippen LogP contribution < -0.4 is 0 Å². The van der Waals surface area contributed by atoms with Gasteiger partial charge in [-0.25, -0.2) is 4.79 Å². The zero-order chi connectivity index (χ0) is 21.5. The molecule has 0 unspecified atom stereocenters. The van der Waals surface area contributed by atoms with Crippen molar-refractivity contribution in [3.05, 3.63) is 65.2 Å². The Morgan fingerprint density at radius 3 is 1.97 bits per heavy atom. The molecule has 0 aliphatic carbocycles. The minimum atomic E-state index is -0.776. The van der Waals surface area contributed by atoms with Crippen LogP contribution in [-0.4, -0.2) is 33.7 Å².